The average Bonchev–Trinajstić information content (AvgIpc) is 2.39. The minimum absolute atomic E-state index is 0.479. The lowest BCUT2D eigenvalue weighted by Gasteiger charge is -2.09. The fourth-order valence-corrected chi connectivity index (χ4v) is 1.95. The molecular formula is C13H13N3O. The normalized spacial score (nSPS) is 9.94. The number of nitrogens with zero attached hydrogens (tertiary/aromatic N) is 3. The van der Waals surface area contributed by atoms with Gasteiger partial charge in [-0.05, 0) is 29.0 Å². The molecular weight excluding hydrogens is 214 g/mol. The first-order valence-electron chi connectivity index (χ1n) is 5.42. The van der Waals surface area contributed by atoms with Crippen molar-refractivity contribution >= 4 is 10.8 Å². The van der Waals surface area contributed by atoms with E-state index in [4.69, 9.17) is 10.3 Å². The van der Waals surface area contributed by atoms with E-state index in [0.29, 0.717) is 6.54 Å². The molecule has 2 aromatic carbocycles. The summed E-state index contributed by atoms with van der Waals surface area (Å²) in [7, 11) is 1.67. The zero-order chi connectivity index (χ0) is 12.1. The van der Waals surface area contributed by atoms with Gasteiger partial charge in [-0.1, -0.05) is 35.4 Å². The van der Waals surface area contributed by atoms with Crippen molar-refractivity contribution in [3.8, 4) is 5.75 Å². The molecule has 2 rings (SSSR count). The van der Waals surface area contributed by atoms with Crippen LogP contribution in [0.5, 0.6) is 5.75 Å². The predicted octanol–water partition coefficient (Wildman–Crippen LogP) is 3.70. The smallest absolute Gasteiger partial charge is 0.126 e. The number of ether oxygens (including phenoxy) is 1. The van der Waals surface area contributed by atoms with Crippen LogP contribution < -0.4 is 4.74 Å². The Balaban J connectivity index is 2.46. The lowest BCUT2D eigenvalue weighted by molar-refractivity contribution is 0.419. The number of hydrogen-bond donors (Lipinski definition) is 0. The van der Waals surface area contributed by atoms with Crippen LogP contribution in [0.2, 0.25) is 0 Å². The molecule has 0 atom stereocenters. The van der Waals surface area contributed by atoms with Crippen LogP contribution in [0, 0.1) is 0 Å². The van der Waals surface area contributed by atoms with Crippen LogP contribution in [-0.2, 0) is 6.42 Å². The summed E-state index contributed by atoms with van der Waals surface area (Å²) in [6, 6.07) is 12.1. The van der Waals surface area contributed by atoms with Crippen LogP contribution in [0.15, 0.2) is 41.5 Å². The third-order valence-electron chi connectivity index (χ3n) is 2.74. The van der Waals surface area contributed by atoms with Gasteiger partial charge in [0.15, 0.2) is 0 Å². The molecule has 0 N–H and O–H groups in total. The number of hydrogen-bond acceptors (Lipinski definition) is 2. The lowest BCUT2D eigenvalue weighted by atomic mass is 10.0. The molecule has 0 bridgehead atoms. The summed E-state index contributed by atoms with van der Waals surface area (Å²) in [4.78, 5) is 2.76. The number of methoxy groups -OCH3 is 1. The fraction of sp³-hybridized carbons (Fsp3) is 0.231. The molecule has 4 nitrogen and oxygen atoms in total. The van der Waals surface area contributed by atoms with Gasteiger partial charge in [-0.25, -0.2) is 0 Å². The van der Waals surface area contributed by atoms with E-state index >= 15 is 0 Å². The first-order valence-corrected chi connectivity index (χ1v) is 5.42. The largest absolute Gasteiger partial charge is 0.496 e. The number of benzene rings is 2. The Labute approximate surface area is 99.5 Å². The van der Waals surface area contributed by atoms with E-state index in [1.165, 1.54) is 5.56 Å². The van der Waals surface area contributed by atoms with E-state index < -0.39 is 0 Å². The third kappa shape index (κ3) is 2.32. The van der Waals surface area contributed by atoms with Crippen LogP contribution in [0.25, 0.3) is 21.2 Å². The van der Waals surface area contributed by atoms with Crippen LogP contribution >= 0.6 is 0 Å². The molecule has 2 aromatic rings. The van der Waals surface area contributed by atoms with Crippen LogP contribution in [0.3, 0.4) is 0 Å². The number of rotatable bonds is 4. The Morgan fingerprint density at radius 1 is 1.18 bits per heavy atom. The molecule has 86 valence electrons. The molecule has 0 aliphatic heterocycles. The lowest BCUT2D eigenvalue weighted by Crippen LogP contribution is -1.92. The topological polar surface area (TPSA) is 58.0 Å². The Kier molecular flexibility index (Phi) is 3.48. The highest BCUT2D eigenvalue weighted by atomic mass is 16.5. The van der Waals surface area contributed by atoms with Crippen LogP contribution in [-0.4, -0.2) is 13.7 Å². The van der Waals surface area contributed by atoms with Crippen molar-refractivity contribution in [3.63, 3.8) is 0 Å². The van der Waals surface area contributed by atoms with Crippen molar-refractivity contribution < 1.29 is 4.74 Å². The van der Waals surface area contributed by atoms with Crippen molar-refractivity contribution in [2.45, 2.75) is 6.42 Å². The van der Waals surface area contributed by atoms with Gasteiger partial charge < -0.3 is 4.74 Å². The fourth-order valence-electron chi connectivity index (χ4n) is 1.95. The minimum atomic E-state index is 0.479. The molecule has 0 saturated heterocycles. The summed E-state index contributed by atoms with van der Waals surface area (Å²) >= 11 is 0. The maximum absolute atomic E-state index is 8.28. The van der Waals surface area contributed by atoms with Gasteiger partial charge in [0.25, 0.3) is 0 Å². The molecule has 0 radical (unpaired) electrons. The van der Waals surface area contributed by atoms with Gasteiger partial charge >= 0.3 is 0 Å². The molecule has 0 amide bonds. The van der Waals surface area contributed by atoms with Gasteiger partial charge in [0.1, 0.15) is 5.75 Å². The Bertz CT molecular complexity index is 574. The minimum Gasteiger partial charge on any atom is -0.496 e. The molecule has 0 aliphatic carbocycles. The van der Waals surface area contributed by atoms with Gasteiger partial charge in [-0.3, -0.25) is 0 Å². The Morgan fingerprint density at radius 3 is 2.65 bits per heavy atom. The van der Waals surface area contributed by atoms with E-state index in [1.54, 1.807) is 7.11 Å². The van der Waals surface area contributed by atoms with Gasteiger partial charge in [0.05, 0.1) is 7.11 Å². The molecule has 0 aliphatic rings. The van der Waals surface area contributed by atoms with Gasteiger partial charge in [-0.2, -0.15) is 0 Å². The van der Waals surface area contributed by atoms with E-state index in [9.17, 15) is 0 Å². The van der Waals surface area contributed by atoms with Gasteiger partial charge in [-0.15, -0.1) is 0 Å². The van der Waals surface area contributed by atoms with Crippen molar-refractivity contribution in [2.24, 2.45) is 5.11 Å². The van der Waals surface area contributed by atoms with E-state index in [2.05, 4.69) is 16.1 Å². The quantitative estimate of drug-likeness (QED) is 0.446. The van der Waals surface area contributed by atoms with Crippen molar-refractivity contribution in [1.82, 2.24) is 0 Å². The summed E-state index contributed by atoms with van der Waals surface area (Å²) in [5.41, 5.74) is 9.45. The van der Waals surface area contributed by atoms with Crippen LogP contribution in [0.4, 0.5) is 0 Å². The molecule has 4 heteroatoms. The molecule has 0 spiro atoms. The first kappa shape index (κ1) is 11.3. The standard InChI is InChI=1S/C13H13N3O/c1-17-13-7-6-10(8-9-15-16-14)11-4-2-3-5-12(11)13/h2-7H,8-9H2,1H3. The Morgan fingerprint density at radius 2 is 1.94 bits per heavy atom. The zero-order valence-corrected chi connectivity index (χ0v) is 9.63. The second-order valence-corrected chi connectivity index (χ2v) is 3.68. The maximum atomic E-state index is 8.28. The highest BCUT2D eigenvalue weighted by Crippen LogP contribution is 2.28. The highest BCUT2D eigenvalue weighted by Gasteiger charge is 2.04. The highest BCUT2D eigenvalue weighted by molar-refractivity contribution is 5.91. The second kappa shape index (κ2) is 5.23. The van der Waals surface area contributed by atoms with Crippen molar-refractivity contribution in [1.29, 1.82) is 0 Å². The average molecular weight is 227 g/mol. The Hall–Kier alpha value is -2.19. The first-order chi connectivity index (χ1) is 8.36. The van der Waals surface area contributed by atoms with Crippen molar-refractivity contribution in [2.75, 3.05) is 13.7 Å². The molecule has 0 saturated carbocycles. The molecule has 0 unspecified atom stereocenters. The maximum Gasteiger partial charge on any atom is 0.126 e. The predicted molar refractivity (Wildman–Crippen MR) is 68.2 cm³/mol. The summed E-state index contributed by atoms with van der Waals surface area (Å²) in [5, 5.41) is 5.81. The number of azide groups is 1. The molecule has 0 fully saturated rings. The molecule has 0 heterocycles. The summed E-state index contributed by atoms with van der Waals surface area (Å²) in [6.45, 7) is 0.479. The number of fused-ring (bicyclic) bond motifs is 1. The molecule has 17 heavy (non-hydrogen) atoms. The van der Waals surface area contributed by atoms with E-state index in [1.807, 2.05) is 30.3 Å². The van der Waals surface area contributed by atoms with Crippen LogP contribution in [0.1, 0.15) is 5.56 Å². The summed E-state index contributed by atoms with van der Waals surface area (Å²) in [6.07, 6.45) is 0.745. The monoisotopic (exact) mass is 227 g/mol. The third-order valence-corrected chi connectivity index (χ3v) is 2.74. The molecule has 0 aromatic heterocycles. The van der Waals surface area contributed by atoms with E-state index in [0.717, 1.165) is 22.9 Å². The summed E-state index contributed by atoms with van der Waals surface area (Å²) in [5.74, 6) is 0.869. The van der Waals surface area contributed by atoms with Gasteiger partial charge in [0.2, 0.25) is 0 Å². The zero-order valence-electron chi connectivity index (χ0n) is 9.63. The summed E-state index contributed by atoms with van der Waals surface area (Å²) < 4.78 is 5.33. The second-order valence-electron chi connectivity index (χ2n) is 3.68. The van der Waals surface area contributed by atoms with Crippen molar-refractivity contribution in [3.05, 3.63) is 52.4 Å². The van der Waals surface area contributed by atoms with E-state index in [-0.39, 0.29) is 0 Å². The SMILES string of the molecule is COc1ccc(CCN=[N+]=[N-])c2ccccc12. The van der Waals surface area contributed by atoms with Gasteiger partial charge in [0, 0.05) is 16.8 Å².